The van der Waals surface area contributed by atoms with Crippen LogP contribution < -0.4 is 0 Å². The average molecular weight is 340 g/mol. The fourth-order valence-corrected chi connectivity index (χ4v) is 2.64. The first-order valence-electron chi connectivity index (χ1n) is 6.60. The number of aryl methyl sites for hydroxylation is 1. The third-order valence-electron chi connectivity index (χ3n) is 3.14. The van der Waals surface area contributed by atoms with E-state index >= 15 is 0 Å². The first-order chi connectivity index (χ1) is 10.9. The molecule has 2 heterocycles. The number of rotatable bonds is 4. The molecule has 3 aromatic rings. The molecule has 0 spiro atoms. The Morgan fingerprint density at radius 3 is 2.43 bits per heavy atom. The minimum atomic E-state index is -4.32. The van der Waals surface area contributed by atoms with Crippen molar-refractivity contribution in [3.8, 4) is 11.5 Å². The molecule has 0 N–H and O–H groups in total. The molecule has 0 amide bonds. The van der Waals surface area contributed by atoms with Crippen molar-refractivity contribution in [1.82, 2.24) is 10.2 Å². The zero-order valence-corrected chi connectivity index (χ0v) is 12.7. The predicted octanol–water partition coefficient (Wildman–Crippen LogP) is 4.95. The quantitative estimate of drug-likeness (QED) is 0.629. The van der Waals surface area contributed by atoms with Crippen molar-refractivity contribution >= 4 is 11.8 Å². The highest BCUT2D eigenvalue weighted by Crippen LogP contribution is 2.31. The topological polar surface area (TPSA) is 52.1 Å². The summed E-state index contributed by atoms with van der Waals surface area (Å²) in [6, 6.07) is 6.72. The molecule has 0 aliphatic carbocycles. The van der Waals surface area contributed by atoms with Crippen LogP contribution in [0, 0.1) is 6.92 Å². The summed E-state index contributed by atoms with van der Waals surface area (Å²) in [7, 11) is 0. The standard InChI is InChI=1S/C15H11F3N2O2S/c1-9-12(6-7-21-9)13-19-20-14(22-13)23-8-10-2-4-11(5-3-10)15(16,17)18/h2-7H,8H2,1H3. The molecule has 0 radical (unpaired) electrons. The van der Waals surface area contributed by atoms with Gasteiger partial charge >= 0.3 is 6.18 Å². The van der Waals surface area contributed by atoms with Crippen LogP contribution in [0.25, 0.3) is 11.5 Å². The van der Waals surface area contributed by atoms with E-state index in [-0.39, 0.29) is 0 Å². The normalized spacial score (nSPS) is 11.8. The number of halogens is 3. The molecule has 0 aliphatic heterocycles. The zero-order valence-electron chi connectivity index (χ0n) is 11.9. The Balaban J connectivity index is 1.65. The fraction of sp³-hybridized carbons (Fsp3) is 0.200. The van der Waals surface area contributed by atoms with Crippen molar-refractivity contribution in [3.05, 3.63) is 53.5 Å². The lowest BCUT2D eigenvalue weighted by Gasteiger charge is -2.06. The Bertz CT molecular complexity index is 794. The summed E-state index contributed by atoms with van der Waals surface area (Å²) in [5.74, 6) is 1.46. The summed E-state index contributed by atoms with van der Waals surface area (Å²) in [6.07, 6.45) is -2.79. The Labute approximate surface area is 133 Å². The van der Waals surface area contributed by atoms with E-state index in [0.717, 1.165) is 23.3 Å². The molecule has 23 heavy (non-hydrogen) atoms. The molecule has 0 atom stereocenters. The SMILES string of the molecule is Cc1occc1-c1nnc(SCc2ccc(C(F)(F)F)cc2)o1. The van der Waals surface area contributed by atoms with Crippen molar-refractivity contribution in [3.63, 3.8) is 0 Å². The number of furan rings is 1. The van der Waals surface area contributed by atoms with Crippen LogP contribution in [0.1, 0.15) is 16.9 Å². The minimum absolute atomic E-state index is 0.348. The highest BCUT2D eigenvalue weighted by Gasteiger charge is 2.29. The van der Waals surface area contributed by atoms with E-state index in [1.807, 2.05) is 0 Å². The number of thioether (sulfide) groups is 1. The Morgan fingerprint density at radius 1 is 1.09 bits per heavy atom. The number of alkyl halides is 3. The third-order valence-corrected chi connectivity index (χ3v) is 4.03. The highest BCUT2D eigenvalue weighted by atomic mass is 32.2. The molecule has 0 saturated carbocycles. The summed E-state index contributed by atoms with van der Waals surface area (Å²) in [5.41, 5.74) is 0.794. The molecule has 3 rings (SSSR count). The number of hydrogen-bond donors (Lipinski definition) is 0. The van der Waals surface area contributed by atoms with Crippen molar-refractivity contribution in [1.29, 1.82) is 0 Å². The highest BCUT2D eigenvalue weighted by molar-refractivity contribution is 7.98. The van der Waals surface area contributed by atoms with Gasteiger partial charge in [-0.1, -0.05) is 23.9 Å². The molecule has 4 nitrogen and oxygen atoms in total. The lowest BCUT2D eigenvalue weighted by molar-refractivity contribution is -0.137. The van der Waals surface area contributed by atoms with Crippen LogP contribution >= 0.6 is 11.8 Å². The minimum Gasteiger partial charge on any atom is -0.469 e. The van der Waals surface area contributed by atoms with Gasteiger partial charge in [0.05, 0.1) is 17.4 Å². The maximum atomic E-state index is 12.5. The summed E-state index contributed by atoms with van der Waals surface area (Å²) in [6.45, 7) is 1.79. The molecule has 1 aromatic carbocycles. The number of benzene rings is 1. The van der Waals surface area contributed by atoms with E-state index < -0.39 is 11.7 Å². The van der Waals surface area contributed by atoms with Gasteiger partial charge in [-0.15, -0.1) is 10.2 Å². The van der Waals surface area contributed by atoms with Crippen LogP contribution in [-0.4, -0.2) is 10.2 Å². The zero-order chi connectivity index (χ0) is 16.4. The lowest BCUT2D eigenvalue weighted by atomic mass is 10.1. The summed E-state index contributed by atoms with van der Waals surface area (Å²) in [5, 5.41) is 8.19. The van der Waals surface area contributed by atoms with Crippen molar-refractivity contribution in [2.45, 2.75) is 24.1 Å². The van der Waals surface area contributed by atoms with E-state index in [1.165, 1.54) is 30.2 Å². The third kappa shape index (κ3) is 3.58. The maximum Gasteiger partial charge on any atom is 0.416 e. The van der Waals surface area contributed by atoms with Gasteiger partial charge in [-0.3, -0.25) is 0 Å². The molecule has 0 fully saturated rings. The monoisotopic (exact) mass is 340 g/mol. The van der Waals surface area contributed by atoms with E-state index in [9.17, 15) is 13.2 Å². The summed E-state index contributed by atoms with van der Waals surface area (Å²) >= 11 is 1.26. The number of aromatic nitrogens is 2. The van der Waals surface area contributed by atoms with Crippen LogP contribution in [0.4, 0.5) is 13.2 Å². The molecule has 120 valence electrons. The molecular weight excluding hydrogens is 329 g/mol. The van der Waals surface area contributed by atoms with Gasteiger partial charge in [0.2, 0.25) is 0 Å². The van der Waals surface area contributed by atoms with Crippen molar-refractivity contribution in [2.75, 3.05) is 0 Å². The van der Waals surface area contributed by atoms with E-state index in [1.54, 1.807) is 13.0 Å². The van der Waals surface area contributed by atoms with Crippen LogP contribution in [0.5, 0.6) is 0 Å². The number of nitrogens with zero attached hydrogens (tertiary/aromatic N) is 2. The molecule has 0 unspecified atom stereocenters. The van der Waals surface area contributed by atoms with E-state index in [0.29, 0.717) is 22.6 Å². The van der Waals surface area contributed by atoms with Gasteiger partial charge in [0.25, 0.3) is 11.1 Å². The Hall–Kier alpha value is -2.22. The van der Waals surface area contributed by atoms with Gasteiger partial charge in [0.1, 0.15) is 5.76 Å². The van der Waals surface area contributed by atoms with E-state index in [4.69, 9.17) is 8.83 Å². The van der Waals surface area contributed by atoms with Crippen LogP contribution in [0.15, 0.2) is 50.7 Å². The average Bonchev–Trinajstić information content (AvgIpc) is 3.13. The predicted molar refractivity (Wildman–Crippen MR) is 77.7 cm³/mol. The molecule has 8 heteroatoms. The van der Waals surface area contributed by atoms with Crippen molar-refractivity contribution in [2.24, 2.45) is 0 Å². The van der Waals surface area contributed by atoms with Crippen LogP contribution in [-0.2, 0) is 11.9 Å². The Kier molecular flexibility index (Phi) is 4.16. The molecule has 0 bridgehead atoms. The first kappa shape index (κ1) is 15.7. The largest absolute Gasteiger partial charge is 0.469 e. The summed E-state index contributed by atoms with van der Waals surface area (Å²) in [4.78, 5) is 0. The van der Waals surface area contributed by atoms with Gasteiger partial charge in [-0.25, -0.2) is 0 Å². The van der Waals surface area contributed by atoms with Gasteiger partial charge in [-0.05, 0) is 30.7 Å². The Morgan fingerprint density at radius 2 is 1.83 bits per heavy atom. The molecule has 0 aliphatic rings. The van der Waals surface area contributed by atoms with E-state index in [2.05, 4.69) is 10.2 Å². The smallest absolute Gasteiger partial charge is 0.416 e. The summed E-state index contributed by atoms with van der Waals surface area (Å²) < 4.78 is 48.2. The van der Waals surface area contributed by atoms with Crippen LogP contribution in [0.2, 0.25) is 0 Å². The second-order valence-electron chi connectivity index (χ2n) is 4.75. The second kappa shape index (κ2) is 6.11. The van der Waals surface area contributed by atoms with Crippen molar-refractivity contribution < 1.29 is 22.0 Å². The fourth-order valence-electron chi connectivity index (χ4n) is 1.92. The molecular formula is C15H11F3N2O2S. The van der Waals surface area contributed by atoms with Gasteiger partial charge in [-0.2, -0.15) is 13.2 Å². The number of hydrogen-bond acceptors (Lipinski definition) is 5. The van der Waals surface area contributed by atoms with Gasteiger partial charge < -0.3 is 8.83 Å². The van der Waals surface area contributed by atoms with Gasteiger partial charge in [0, 0.05) is 5.75 Å². The van der Waals surface area contributed by atoms with Gasteiger partial charge in [0.15, 0.2) is 0 Å². The first-order valence-corrected chi connectivity index (χ1v) is 7.59. The van der Waals surface area contributed by atoms with Crippen LogP contribution in [0.3, 0.4) is 0 Å². The maximum absolute atomic E-state index is 12.5. The molecule has 0 saturated heterocycles. The molecule has 2 aromatic heterocycles. The lowest BCUT2D eigenvalue weighted by Crippen LogP contribution is -2.04. The second-order valence-corrected chi connectivity index (χ2v) is 5.67.